The van der Waals surface area contributed by atoms with Crippen LogP contribution in [0.5, 0.6) is 0 Å². The molecule has 2 aromatic heterocycles. The molecule has 0 N–H and O–H groups in total. The highest BCUT2D eigenvalue weighted by Gasteiger charge is 2.32. The van der Waals surface area contributed by atoms with E-state index in [-0.39, 0.29) is 22.4 Å². The second kappa shape index (κ2) is 7.79. The highest BCUT2D eigenvalue weighted by molar-refractivity contribution is 7.89. The van der Waals surface area contributed by atoms with E-state index in [0.29, 0.717) is 38.0 Å². The van der Waals surface area contributed by atoms with Gasteiger partial charge in [0.2, 0.25) is 0 Å². The zero-order valence-corrected chi connectivity index (χ0v) is 18.0. The van der Waals surface area contributed by atoms with E-state index < -0.39 is 10.0 Å². The van der Waals surface area contributed by atoms with Crippen molar-refractivity contribution in [3.05, 3.63) is 40.0 Å². The Morgan fingerprint density at radius 1 is 1.21 bits per heavy atom. The van der Waals surface area contributed by atoms with Crippen molar-refractivity contribution in [3.63, 3.8) is 0 Å². The Morgan fingerprint density at radius 2 is 1.86 bits per heavy atom. The quantitative estimate of drug-likeness (QED) is 0.754. The van der Waals surface area contributed by atoms with Crippen molar-refractivity contribution in [1.82, 2.24) is 23.4 Å². The third-order valence-electron chi connectivity index (χ3n) is 5.55. The first-order valence-electron chi connectivity index (χ1n) is 9.67. The van der Waals surface area contributed by atoms with Gasteiger partial charge in [-0.05, 0) is 32.6 Å². The van der Waals surface area contributed by atoms with E-state index >= 15 is 0 Å². The fourth-order valence-electron chi connectivity index (χ4n) is 3.66. The SMILES string of the molecule is Cc1ncn(CC2CCN(S(=O)(=O)c3cn(C)c(C(C)C)n3)CC2)c(=O)c1C. The molecule has 0 saturated carbocycles. The molecule has 9 heteroatoms. The summed E-state index contributed by atoms with van der Waals surface area (Å²) in [5.74, 6) is 1.17. The Balaban J connectivity index is 1.69. The summed E-state index contributed by atoms with van der Waals surface area (Å²) in [7, 11) is -1.77. The number of hydrogen-bond acceptors (Lipinski definition) is 5. The van der Waals surface area contributed by atoms with Gasteiger partial charge in [0.15, 0.2) is 5.03 Å². The molecule has 2 aromatic rings. The average molecular weight is 408 g/mol. The molecule has 0 spiro atoms. The summed E-state index contributed by atoms with van der Waals surface area (Å²) in [4.78, 5) is 21.0. The fourth-order valence-corrected chi connectivity index (χ4v) is 5.12. The standard InChI is InChI=1S/C19H29N5O3S/c1-13(2)18-21-17(11-22(18)5)28(26,27)24-8-6-16(7-9-24)10-23-12-20-15(4)14(3)19(23)25/h11-13,16H,6-10H2,1-5H3. The van der Waals surface area contributed by atoms with Gasteiger partial charge in [-0.2, -0.15) is 4.31 Å². The third kappa shape index (κ3) is 3.91. The molecule has 0 aromatic carbocycles. The van der Waals surface area contributed by atoms with Crippen LogP contribution in [-0.2, 0) is 23.6 Å². The Hall–Kier alpha value is -2.00. The van der Waals surface area contributed by atoms with Crippen LogP contribution in [0.2, 0.25) is 0 Å². The van der Waals surface area contributed by atoms with Crippen molar-refractivity contribution in [3.8, 4) is 0 Å². The molecule has 28 heavy (non-hydrogen) atoms. The van der Waals surface area contributed by atoms with Crippen molar-refractivity contribution >= 4 is 10.0 Å². The van der Waals surface area contributed by atoms with Crippen LogP contribution in [0.1, 0.15) is 49.7 Å². The molecule has 1 aliphatic rings. The molecule has 0 aliphatic carbocycles. The van der Waals surface area contributed by atoms with E-state index in [4.69, 9.17) is 0 Å². The molecule has 0 bridgehead atoms. The lowest BCUT2D eigenvalue weighted by Gasteiger charge is -2.30. The van der Waals surface area contributed by atoms with Gasteiger partial charge in [0, 0.05) is 50.1 Å². The van der Waals surface area contributed by atoms with Gasteiger partial charge in [-0.3, -0.25) is 9.36 Å². The van der Waals surface area contributed by atoms with Gasteiger partial charge in [-0.15, -0.1) is 0 Å². The van der Waals surface area contributed by atoms with Crippen LogP contribution in [0.15, 0.2) is 22.3 Å². The van der Waals surface area contributed by atoms with Gasteiger partial charge in [0.1, 0.15) is 5.82 Å². The Bertz CT molecular complexity index is 1010. The molecule has 3 heterocycles. The topological polar surface area (TPSA) is 90.1 Å². The first-order chi connectivity index (χ1) is 13.1. The predicted octanol–water partition coefficient (Wildman–Crippen LogP) is 1.82. The van der Waals surface area contributed by atoms with Crippen molar-refractivity contribution in [1.29, 1.82) is 0 Å². The second-order valence-corrected chi connectivity index (χ2v) is 9.85. The molecule has 154 valence electrons. The summed E-state index contributed by atoms with van der Waals surface area (Å²) in [6, 6.07) is 0. The fraction of sp³-hybridized carbons (Fsp3) is 0.632. The molecule has 0 amide bonds. The normalized spacial score (nSPS) is 16.8. The van der Waals surface area contributed by atoms with Crippen LogP contribution < -0.4 is 5.56 Å². The molecule has 3 rings (SSSR count). The monoisotopic (exact) mass is 407 g/mol. The molecule has 0 atom stereocenters. The highest BCUT2D eigenvalue weighted by Crippen LogP contribution is 2.25. The van der Waals surface area contributed by atoms with E-state index in [0.717, 1.165) is 11.5 Å². The summed E-state index contributed by atoms with van der Waals surface area (Å²) in [6.07, 6.45) is 4.61. The molecule has 8 nitrogen and oxygen atoms in total. The number of hydrogen-bond donors (Lipinski definition) is 0. The van der Waals surface area contributed by atoms with Crippen LogP contribution in [-0.4, -0.2) is 44.9 Å². The number of nitrogens with zero attached hydrogens (tertiary/aromatic N) is 5. The van der Waals surface area contributed by atoms with Crippen molar-refractivity contribution in [2.24, 2.45) is 13.0 Å². The smallest absolute Gasteiger partial charge is 0.262 e. The first-order valence-corrected chi connectivity index (χ1v) is 11.1. The largest absolute Gasteiger partial charge is 0.336 e. The number of imidazole rings is 1. The molecule has 1 fully saturated rings. The predicted molar refractivity (Wildman–Crippen MR) is 107 cm³/mol. The van der Waals surface area contributed by atoms with Crippen LogP contribution >= 0.6 is 0 Å². The number of aromatic nitrogens is 4. The van der Waals surface area contributed by atoms with Gasteiger partial charge in [0.05, 0.1) is 6.33 Å². The van der Waals surface area contributed by atoms with E-state index in [1.165, 1.54) is 4.31 Å². The van der Waals surface area contributed by atoms with Crippen molar-refractivity contribution in [2.45, 2.75) is 58.0 Å². The zero-order valence-electron chi connectivity index (χ0n) is 17.2. The van der Waals surface area contributed by atoms with E-state index in [1.807, 2.05) is 27.8 Å². The van der Waals surface area contributed by atoms with Gasteiger partial charge >= 0.3 is 0 Å². The summed E-state index contributed by atoms with van der Waals surface area (Å²) in [5, 5.41) is 0.117. The summed E-state index contributed by atoms with van der Waals surface area (Å²) in [6.45, 7) is 9.05. The van der Waals surface area contributed by atoms with Crippen molar-refractivity contribution in [2.75, 3.05) is 13.1 Å². The first kappa shape index (κ1) is 20.7. The van der Waals surface area contributed by atoms with Gasteiger partial charge in [0.25, 0.3) is 15.6 Å². The lowest BCUT2D eigenvalue weighted by Crippen LogP contribution is -2.40. The van der Waals surface area contributed by atoms with E-state index in [9.17, 15) is 13.2 Å². The summed E-state index contributed by atoms with van der Waals surface area (Å²) < 4.78 is 30.9. The average Bonchev–Trinajstić information content (AvgIpc) is 3.05. The Kier molecular flexibility index (Phi) is 5.77. The molecular formula is C19H29N5O3S. The van der Waals surface area contributed by atoms with Crippen LogP contribution in [0.3, 0.4) is 0 Å². The van der Waals surface area contributed by atoms with Crippen molar-refractivity contribution < 1.29 is 8.42 Å². The lowest BCUT2D eigenvalue weighted by atomic mass is 9.98. The molecule has 0 unspecified atom stereocenters. The minimum atomic E-state index is -3.59. The highest BCUT2D eigenvalue weighted by atomic mass is 32.2. The van der Waals surface area contributed by atoms with Gasteiger partial charge < -0.3 is 4.57 Å². The molecule has 0 radical (unpaired) electrons. The zero-order chi connectivity index (χ0) is 20.6. The van der Waals surface area contributed by atoms with Crippen LogP contribution in [0, 0.1) is 19.8 Å². The number of aryl methyl sites for hydroxylation is 2. The molecular weight excluding hydrogens is 378 g/mol. The van der Waals surface area contributed by atoms with Crippen LogP contribution in [0.25, 0.3) is 0 Å². The van der Waals surface area contributed by atoms with Gasteiger partial charge in [-0.25, -0.2) is 18.4 Å². The second-order valence-electron chi connectivity index (χ2n) is 7.96. The maximum Gasteiger partial charge on any atom is 0.262 e. The minimum absolute atomic E-state index is 0.0164. The van der Waals surface area contributed by atoms with E-state index in [2.05, 4.69) is 9.97 Å². The van der Waals surface area contributed by atoms with Crippen LogP contribution in [0.4, 0.5) is 0 Å². The maximum atomic E-state index is 13.0. The maximum absolute atomic E-state index is 13.0. The molecule has 1 aliphatic heterocycles. The minimum Gasteiger partial charge on any atom is -0.336 e. The summed E-state index contributed by atoms with van der Waals surface area (Å²) >= 11 is 0. The lowest BCUT2D eigenvalue weighted by molar-refractivity contribution is 0.250. The number of piperidine rings is 1. The summed E-state index contributed by atoms with van der Waals surface area (Å²) in [5.41, 5.74) is 1.40. The Labute approximate surface area is 166 Å². The number of sulfonamides is 1. The third-order valence-corrected chi connectivity index (χ3v) is 7.32. The molecule has 1 saturated heterocycles. The Morgan fingerprint density at radius 3 is 2.43 bits per heavy atom. The van der Waals surface area contributed by atoms with Gasteiger partial charge in [-0.1, -0.05) is 13.8 Å². The van der Waals surface area contributed by atoms with E-state index in [1.54, 1.807) is 28.6 Å². The number of rotatable bonds is 5.